The lowest BCUT2D eigenvalue weighted by Crippen LogP contribution is -2.22. The molecule has 23 heavy (non-hydrogen) atoms. The van der Waals surface area contributed by atoms with Gasteiger partial charge in [0.05, 0.1) is 29.5 Å². The summed E-state index contributed by atoms with van der Waals surface area (Å²) in [6.07, 6.45) is 0. The van der Waals surface area contributed by atoms with Gasteiger partial charge in [0.1, 0.15) is 0 Å². The Kier molecular flexibility index (Phi) is 6.11. The highest BCUT2D eigenvalue weighted by Gasteiger charge is 2.45. The van der Waals surface area contributed by atoms with Crippen molar-refractivity contribution in [3.8, 4) is 0 Å². The van der Waals surface area contributed by atoms with Crippen LogP contribution in [0.3, 0.4) is 0 Å². The number of carboxylic acids is 2. The average Bonchev–Trinajstić information content (AvgIpc) is 2.46. The molecule has 0 fully saturated rings. The van der Waals surface area contributed by atoms with Gasteiger partial charge in [0.2, 0.25) is 0 Å². The van der Waals surface area contributed by atoms with Crippen molar-refractivity contribution in [2.45, 2.75) is 32.9 Å². The third kappa shape index (κ3) is 3.80. The highest BCUT2D eigenvalue weighted by molar-refractivity contribution is 7.55. The van der Waals surface area contributed by atoms with Gasteiger partial charge in [-0.1, -0.05) is 6.07 Å². The molecule has 0 aliphatic rings. The van der Waals surface area contributed by atoms with Crippen molar-refractivity contribution >= 4 is 19.5 Å². The second-order valence-corrected chi connectivity index (χ2v) is 7.89. The summed E-state index contributed by atoms with van der Waals surface area (Å²) in [5, 5.41) is 17.1. The van der Waals surface area contributed by atoms with Gasteiger partial charge in [-0.3, -0.25) is 4.57 Å². The normalized spacial score (nSPS) is 12.2. The first kappa shape index (κ1) is 19.4. The Morgan fingerprint density at radius 3 is 1.91 bits per heavy atom. The van der Waals surface area contributed by atoms with Crippen molar-refractivity contribution in [3.63, 3.8) is 0 Å². The number of carboxylic acid groups (broad SMARTS) is 2. The summed E-state index contributed by atoms with van der Waals surface area (Å²) >= 11 is 0. The Bertz CT molecular complexity index is 641. The lowest BCUT2D eigenvalue weighted by Gasteiger charge is -2.33. The van der Waals surface area contributed by atoms with Crippen molar-refractivity contribution in [1.29, 1.82) is 0 Å². The van der Waals surface area contributed by atoms with Gasteiger partial charge in [0.25, 0.3) is 0 Å². The van der Waals surface area contributed by atoms with Crippen LogP contribution in [0.25, 0.3) is 0 Å². The minimum Gasteiger partial charge on any atom is -0.478 e. The van der Waals surface area contributed by atoms with E-state index in [1.807, 2.05) is 0 Å². The van der Waals surface area contributed by atoms with E-state index in [4.69, 9.17) is 14.2 Å². The molecular weight excluding hydrogens is 323 g/mol. The van der Waals surface area contributed by atoms with Gasteiger partial charge in [-0.2, -0.15) is 0 Å². The van der Waals surface area contributed by atoms with Gasteiger partial charge < -0.3 is 19.3 Å². The monoisotopic (exact) mass is 344 g/mol. The first-order chi connectivity index (χ1) is 10.6. The van der Waals surface area contributed by atoms with Crippen LogP contribution in [0.1, 0.15) is 54.0 Å². The van der Waals surface area contributed by atoms with E-state index in [-0.39, 0.29) is 24.3 Å². The first-order valence-corrected chi connectivity index (χ1v) is 8.65. The molecule has 0 unspecified atom stereocenters. The summed E-state index contributed by atoms with van der Waals surface area (Å²) < 4.78 is 23.7. The van der Waals surface area contributed by atoms with E-state index >= 15 is 0 Å². The van der Waals surface area contributed by atoms with Gasteiger partial charge in [-0.05, 0) is 45.4 Å². The van der Waals surface area contributed by atoms with Crippen LogP contribution in [0.2, 0.25) is 0 Å². The molecule has 0 bridgehead atoms. The third-order valence-corrected chi connectivity index (χ3v) is 6.29. The average molecular weight is 344 g/mol. The Morgan fingerprint density at radius 1 is 1.04 bits per heavy atom. The molecule has 0 atom stereocenters. The fraction of sp³-hybridized carbons (Fsp3) is 0.467. The maximum atomic E-state index is 13.0. The number of aromatic carboxylic acids is 2. The number of hydrogen-bond acceptors (Lipinski definition) is 5. The maximum Gasteiger partial charge on any atom is 0.340 e. The van der Waals surface area contributed by atoms with E-state index in [9.17, 15) is 19.3 Å². The topological polar surface area (TPSA) is 110 Å². The van der Waals surface area contributed by atoms with Crippen molar-refractivity contribution in [2.75, 3.05) is 13.2 Å². The number of benzene rings is 1. The van der Waals surface area contributed by atoms with Crippen molar-refractivity contribution in [2.24, 2.45) is 0 Å². The number of carbonyl (C=O) groups is 2. The summed E-state index contributed by atoms with van der Waals surface area (Å²) in [4.78, 5) is 22.4. The van der Waals surface area contributed by atoms with Gasteiger partial charge in [0.15, 0.2) is 0 Å². The summed E-state index contributed by atoms with van der Waals surface area (Å²) in [5.41, 5.74) is -0.340. The third-order valence-electron chi connectivity index (χ3n) is 3.47. The second kappa shape index (κ2) is 7.25. The second-order valence-electron chi connectivity index (χ2n) is 5.26. The minimum absolute atomic E-state index is 0.166. The van der Waals surface area contributed by atoms with Crippen LogP contribution in [0.4, 0.5) is 0 Å². The minimum atomic E-state index is -3.57. The Labute approximate surface area is 134 Å². The Balaban J connectivity index is 3.48. The summed E-state index contributed by atoms with van der Waals surface area (Å²) in [6.45, 7) is 6.91. The molecule has 0 spiro atoms. The molecule has 0 saturated carbocycles. The van der Waals surface area contributed by atoms with E-state index < -0.39 is 24.7 Å². The van der Waals surface area contributed by atoms with Gasteiger partial charge in [0, 0.05) is 0 Å². The molecule has 0 saturated heterocycles. The van der Waals surface area contributed by atoms with Crippen molar-refractivity contribution in [1.82, 2.24) is 0 Å². The summed E-state index contributed by atoms with van der Waals surface area (Å²) in [5.74, 6) is -2.72. The van der Waals surface area contributed by atoms with E-state index in [0.717, 1.165) is 0 Å². The van der Waals surface area contributed by atoms with E-state index in [2.05, 4.69) is 0 Å². The lowest BCUT2D eigenvalue weighted by molar-refractivity contribution is 0.0651. The van der Waals surface area contributed by atoms with E-state index in [0.29, 0.717) is 5.56 Å². The largest absolute Gasteiger partial charge is 0.478 e. The zero-order chi connectivity index (χ0) is 17.8. The maximum absolute atomic E-state index is 13.0. The fourth-order valence-electron chi connectivity index (χ4n) is 2.15. The molecule has 0 aromatic heterocycles. The molecule has 0 radical (unpaired) electrons. The molecule has 1 rings (SSSR count). The molecular formula is C15H21O7P. The Morgan fingerprint density at radius 2 is 1.52 bits per heavy atom. The zero-order valence-electron chi connectivity index (χ0n) is 13.5. The van der Waals surface area contributed by atoms with Crippen LogP contribution in [-0.4, -0.2) is 35.4 Å². The smallest absolute Gasteiger partial charge is 0.340 e. The van der Waals surface area contributed by atoms with Crippen molar-refractivity contribution < 1.29 is 33.4 Å². The number of rotatable bonds is 8. The molecule has 128 valence electrons. The van der Waals surface area contributed by atoms with Crippen LogP contribution in [-0.2, 0) is 18.8 Å². The molecule has 0 heterocycles. The fourth-order valence-corrected chi connectivity index (χ4v) is 4.00. The molecule has 8 heteroatoms. The molecule has 0 amide bonds. The van der Waals surface area contributed by atoms with Crippen LogP contribution < -0.4 is 0 Å². The molecule has 0 aliphatic carbocycles. The van der Waals surface area contributed by atoms with E-state index in [1.54, 1.807) is 27.7 Å². The molecule has 7 nitrogen and oxygen atoms in total. The predicted octanol–water partition coefficient (Wildman–Crippen LogP) is 3.58. The molecule has 2 N–H and O–H groups in total. The summed E-state index contributed by atoms with van der Waals surface area (Å²) in [7, 11) is -3.57. The summed E-state index contributed by atoms with van der Waals surface area (Å²) in [6, 6.07) is 3.82. The zero-order valence-corrected chi connectivity index (χ0v) is 14.4. The number of hydrogen-bond donors (Lipinski definition) is 2. The standard InChI is InChI=1S/C15H21O7P/c1-5-21-23(20,22-6-2)15(3,4)10-7-8-11(13(16)17)12(9-10)14(18)19/h7-9H,5-6H2,1-4H3,(H,16,17)(H,18,19). The van der Waals surface area contributed by atoms with Gasteiger partial charge in [-0.15, -0.1) is 0 Å². The first-order valence-electron chi connectivity index (χ1n) is 7.11. The molecule has 1 aromatic rings. The predicted molar refractivity (Wildman–Crippen MR) is 84.2 cm³/mol. The van der Waals surface area contributed by atoms with Gasteiger partial charge in [-0.25, -0.2) is 9.59 Å². The highest BCUT2D eigenvalue weighted by Crippen LogP contribution is 2.64. The van der Waals surface area contributed by atoms with Crippen LogP contribution in [0.15, 0.2) is 18.2 Å². The van der Waals surface area contributed by atoms with Crippen molar-refractivity contribution in [3.05, 3.63) is 34.9 Å². The van der Waals surface area contributed by atoms with E-state index in [1.165, 1.54) is 18.2 Å². The highest BCUT2D eigenvalue weighted by atomic mass is 31.2. The molecule has 0 aliphatic heterocycles. The SMILES string of the molecule is CCOP(=O)(OCC)C(C)(C)c1ccc(C(=O)O)c(C(=O)O)c1. The van der Waals surface area contributed by atoms with Crippen LogP contribution in [0.5, 0.6) is 0 Å². The van der Waals surface area contributed by atoms with Crippen LogP contribution >= 0.6 is 7.60 Å². The van der Waals surface area contributed by atoms with Gasteiger partial charge >= 0.3 is 19.5 Å². The van der Waals surface area contributed by atoms with Crippen LogP contribution in [0, 0.1) is 0 Å². The lowest BCUT2D eigenvalue weighted by atomic mass is 9.96. The quantitative estimate of drug-likeness (QED) is 0.693. The molecule has 1 aromatic carbocycles. The Hall–Kier alpha value is -1.69.